The highest BCUT2D eigenvalue weighted by molar-refractivity contribution is 5.74. The highest BCUT2D eigenvalue weighted by Gasteiger charge is 2.28. The van der Waals surface area contributed by atoms with E-state index >= 15 is 0 Å². The number of aryl methyl sites for hydroxylation is 1. The Morgan fingerprint density at radius 2 is 2.11 bits per heavy atom. The maximum Gasteiger partial charge on any atom is 0.411 e. The number of carbonyl (C=O) groups is 2. The van der Waals surface area contributed by atoms with Crippen LogP contribution in [0.25, 0.3) is 0 Å². The molecular weight excluding hydrogens is 234 g/mol. The molecular formula is C13H19NO4. The summed E-state index contributed by atoms with van der Waals surface area (Å²) in [6.45, 7) is 7.13. The van der Waals surface area contributed by atoms with Gasteiger partial charge in [0.05, 0.1) is 6.26 Å². The van der Waals surface area contributed by atoms with Crippen LogP contribution in [0.3, 0.4) is 0 Å². The van der Waals surface area contributed by atoms with Gasteiger partial charge in [-0.25, -0.2) is 4.79 Å². The molecule has 0 N–H and O–H groups in total. The average molecular weight is 253 g/mol. The van der Waals surface area contributed by atoms with Gasteiger partial charge in [-0.3, -0.25) is 4.90 Å². The van der Waals surface area contributed by atoms with Crippen LogP contribution in [0.5, 0.6) is 0 Å². The summed E-state index contributed by atoms with van der Waals surface area (Å²) in [5.41, 5.74) is 0.222. The Morgan fingerprint density at radius 1 is 1.50 bits per heavy atom. The summed E-state index contributed by atoms with van der Waals surface area (Å²) in [6, 6.07) is 0.976. The zero-order chi connectivity index (χ0) is 13.9. The standard InChI is InChI=1S/C13H19NO4/c1-9-6-7-17-11(9)10(8-15)14(5)12(16)18-13(2,3)4/h6-8,10H,1-5H3. The van der Waals surface area contributed by atoms with E-state index in [1.54, 1.807) is 26.8 Å². The summed E-state index contributed by atoms with van der Waals surface area (Å²) in [6.07, 6.45) is 1.59. The normalized spacial score (nSPS) is 12.9. The molecule has 0 spiro atoms. The molecule has 5 heteroatoms. The number of carbonyl (C=O) groups excluding carboxylic acids is 2. The van der Waals surface area contributed by atoms with Crippen LogP contribution in [-0.4, -0.2) is 29.9 Å². The Kier molecular flexibility index (Phi) is 4.16. The number of ether oxygens (including phenoxy) is 1. The number of aldehydes is 1. The summed E-state index contributed by atoms with van der Waals surface area (Å²) in [5, 5.41) is 0. The Bertz CT molecular complexity index is 430. The summed E-state index contributed by atoms with van der Waals surface area (Å²) in [4.78, 5) is 24.3. The molecule has 0 aliphatic carbocycles. The van der Waals surface area contributed by atoms with Gasteiger partial charge in [0.1, 0.15) is 23.7 Å². The summed E-state index contributed by atoms with van der Waals surface area (Å²) in [7, 11) is 1.51. The predicted octanol–water partition coefficient (Wildman–Crippen LogP) is 2.69. The van der Waals surface area contributed by atoms with Gasteiger partial charge in [-0.05, 0) is 39.3 Å². The predicted molar refractivity (Wildman–Crippen MR) is 66.2 cm³/mol. The highest BCUT2D eigenvalue weighted by atomic mass is 16.6. The SMILES string of the molecule is Cc1ccoc1C(C=O)N(C)C(=O)OC(C)(C)C. The van der Waals surface area contributed by atoms with E-state index in [0.29, 0.717) is 12.0 Å². The second-order valence-corrected chi connectivity index (χ2v) is 5.14. The summed E-state index contributed by atoms with van der Waals surface area (Å²) in [5.74, 6) is 0.457. The van der Waals surface area contributed by atoms with Crippen LogP contribution < -0.4 is 0 Å². The molecule has 1 rings (SSSR count). The lowest BCUT2D eigenvalue weighted by Gasteiger charge is -2.27. The number of hydrogen-bond acceptors (Lipinski definition) is 4. The molecule has 0 saturated heterocycles. The first-order valence-corrected chi connectivity index (χ1v) is 5.71. The molecule has 0 bridgehead atoms. The zero-order valence-electron chi connectivity index (χ0n) is 11.4. The molecule has 1 aromatic heterocycles. The number of likely N-dealkylation sites (N-methyl/N-ethyl adjacent to an activating group) is 1. The van der Waals surface area contributed by atoms with Gasteiger partial charge in [0.15, 0.2) is 0 Å². The van der Waals surface area contributed by atoms with Crippen molar-refractivity contribution in [2.45, 2.75) is 39.3 Å². The average Bonchev–Trinajstić information content (AvgIpc) is 2.63. The molecule has 0 saturated carbocycles. The molecule has 0 radical (unpaired) electrons. The van der Waals surface area contributed by atoms with Crippen LogP contribution >= 0.6 is 0 Å². The lowest BCUT2D eigenvalue weighted by atomic mass is 10.1. The third-order valence-corrected chi connectivity index (χ3v) is 2.40. The van der Waals surface area contributed by atoms with Crippen LogP contribution in [0.15, 0.2) is 16.7 Å². The van der Waals surface area contributed by atoms with Crippen LogP contribution in [0, 0.1) is 6.92 Å². The molecule has 0 aromatic carbocycles. The van der Waals surface area contributed by atoms with Crippen molar-refractivity contribution < 1.29 is 18.7 Å². The smallest absolute Gasteiger partial charge is 0.411 e. The van der Waals surface area contributed by atoms with Gasteiger partial charge < -0.3 is 13.9 Å². The van der Waals surface area contributed by atoms with E-state index in [0.717, 1.165) is 5.56 Å². The quantitative estimate of drug-likeness (QED) is 0.777. The van der Waals surface area contributed by atoms with Crippen molar-refractivity contribution in [1.29, 1.82) is 0 Å². The van der Waals surface area contributed by atoms with Crippen molar-refractivity contribution in [1.82, 2.24) is 4.90 Å². The van der Waals surface area contributed by atoms with Gasteiger partial charge >= 0.3 is 6.09 Å². The molecule has 0 fully saturated rings. The van der Waals surface area contributed by atoms with Crippen LogP contribution in [0.2, 0.25) is 0 Å². The second kappa shape index (κ2) is 5.25. The number of amides is 1. The molecule has 0 aliphatic rings. The van der Waals surface area contributed by atoms with Crippen LogP contribution in [0.1, 0.15) is 38.1 Å². The van der Waals surface area contributed by atoms with Gasteiger partial charge in [0, 0.05) is 7.05 Å². The van der Waals surface area contributed by atoms with Gasteiger partial charge in [-0.2, -0.15) is 0 Å². The van der Waals surface area contributed by atoms with E-state index < -0.39 is 17.7 Å². The van der Waals surface area contributed by atoms with E-state index in [2.05, 4.69) is 0 Å². The van der Waals surface area contributed by atoms with E-state index in [1.807, 2.05) is 6.92 Å². The van der Waals surface area contributed by atoms with Crippen molar-refractivity contribution >= 4 is 12.4 Å². The fourth-order valence-electron chi connectivity index (χ4n) is 1.46. The van der Waals surface area contributed by atoms with Crippen molar-refractivity contribution in [2.24, 2.45) is 0 Å². The topological polar surface area (TPSA) is 59.8 Å². The van der Waals surface area contributed by atoms with Gasteiger partial charge in [-0.1, -0.05) is 0 Å². The highest BCUT2D eigenvalue weighted by Crippen LogP contribution is 2.23. The van der Waals surface area contributed by atoms with Crippen molar-refractivity contribution in [2.75, 3.05) is 7.05 Å². The Hall–Kier alpha value is -1.78. The lowest BCUT2D eigenvalue weighted by Crippen LogP contribution is -2.37. The van der Waals surface area contributed by atoms with E-state index in [9.17, 15) is 9.59 Å². The Balaban J connectivity index is 2.87. The molecule has 1 amide bonds. The molecule has 1 aromatic rings. The number of nitrogens with zero attached hydrogens (tertiary/aromatic N) is 1. The van der Waals surface area contributed by atoms with Crippen molar-refractivity contribution in [3.8, 4) is 0 Å². The minimum Gasteiger partial charge on any atom is -0.466 e. The maximum absolute atomic E-state index is 11.9. The van der Waals surface area contributed by atoms with Crippen LogP contribution in [-0.2, 0) is 9.53 Å². The number of hydrogen-bond donors (Lipinski definition) is 0. The van der Waals surface area contributed by atoms with E-state index in [1.165, 1.54) is 18.2 Å². The second-order valence-electron chi connectivity index (χ2n) is 5.14. The molecule has 1 atom stereocenters. The Labute approximate surface area is 107 Å². The number of furan rings is 1. The van der Waals surface area contributed by atoms with Gasteiger partial charge in [0.2, 0.25) is 0 Å². The fourth-order valence-corrected chi connectivity index (χ4v) is 1.46. The third-order valence-electron chi connectivity index (χ3n) is 2.40. The molecule has 100 valence electrons. The largest absolute Gasteiger partial charge is 0.466 e. The Morgan fingerprint density at radius 3 is 2.50 bits per heavy atom. The molecule has 1 unspecified atom stereocenters. The monoisotopic (exact) mass is 253 g/mol. The first kappa shape index (κ1) is 14.3. The fraction of sp³-hybridized carbons (Fsp3) is 0.538. The third kappa shape index (κ3) is 3.35. The van der Waals surface area contributed by atoms with E-state index in [-0.39, 0.29) is 0 Å². The first-order chi connectivity index (χ1) is 8.26. The van der Waals surface area contributed by atoms with Crippen molar-refractivity contribution in [3.05, 3.63) is 23.7 Å². The van der Waals surface area contributed by atoms with Crippen molar-refractivity contribution in [3.63, 3.8) is 0 Å². The number of rotatable bonds is 3. The molecule has 0 aliphatic heterocycles. The van der Waals surface area contributed by atoms with Gasteiger partial charge in [0.25, 0.3) is 0 Å². The first-order valence-electron chi connectivity index (χ1n) is 5.71. The lowest BCUT2D eigenvalue weighted by molar-refractivity contribution is -0.112. The molecule has 1 heterocycles. The summed E-state index contributed by atoms with van der Waals surface area (Å²) < 4.78 is 10.4. The van der Waals surface area contributed by atoms with E-state index in [4.69, 9.17) is 9.15 Å². The summed E-state index contributed by atoms with van der Waals surface area (Å²) >= 11 is 0. The maximum atomic E-state index is 11.9. The van der Waals surface area contributed by atoms with Crippen LogP contribution in [0.4, 0.5) is 4.79 Å². The minimum absolute atomic E-state index is 0.457. The minimum atomic E-state index is -0.769. The molecule has 5 nitrogen and oxygen atoms in total. The zero-order valence-corrected chi connectivity index (χ0v) is 11.4. The van der Waals surface area contributed by atoms with Gasteiger partial charge in [-0.15, -0.1) is 0 Å². The molecule has 18 heavy (non-hydrogen) atoms.